The van der Waals surface area contributed by atoms with Gasteiger partial charge in [0.25, 0.3) is 0 Å². The molecule has 3 rings (SSSR count). The molecular weight excluding hydrogens is 363 g/mol. The molecule has 1 aliphatic heterocycles. The van der Waals surface area contributed by atoms with E-state index in [0.29, 0.717) is 13.2 Å². The van der Waals surface area contributed by atoms with Gasteiger partial charge in [-0.05, 0) is 40.8 Å². The lowest BCUT2D eigenvalue weighted by Gasteiger charge is -2.17. The highest BCUT2D eigenvalue weighted by molar-refractivity contribution is 5.73. The van der Waals surface area contributed by atoms with Gasteiger partial charge < -0.3 is 20.3 Å². The molecule has 0 bridgehead atoms. The predicted octanol–water partition coefficient (Wildman–Crippen LogP) is 3.40. The number of hydrogen-bond donors (Lipinski definition) is 2. The van der Waals surface area contributed by atoms with Crippen LogP contribution in [0.15, 0.2) is 42.5 Å². The zero-order valence-corrected chi connectivity index (χ0v) is 14.5. The number of alkyl halides is 3. The van der Waals surface area contributed by atoms with Crippen LogP contribution in [0.3, 0.4) is 0 Å². The van der Waals surface area contributed by atoms with Gasteiger partial charge in [-0.15, -0.1) is 0 Å². The number of halogens is 3. The Balaban J connectivity index is 0.000000321. The predicted molar refractivity (Wildman–Crippen MR) is 93.5 cm³/mol. The number of carboxylic acid groups (broad SMARTS) is 1. The highest BCUT2D eigenvalue weighted by Crippen LogP contribution is 2.27. The normalized spacial score (nSPS) is 13.2. The van der Waals surface area contributed by atoms with Gasteiger partial charge in [0.05, 0.1) is 13.2 Å². The smallest absolute Gasteiger partial charge is 0.490 e. The molecule has 0 atom stereocenters. The molecule has 2 aromatic rings. The first-order valence-corrected chi connectivity index (χ1v) is 8.24. The molecular formula is C19H20F3NO4. The summed E-state index contributed by atoms with van der Waals surface area (Å²) in [5, 5.41) is 7.12. The zero-order valence-electron chi connectivity index (χ0n) is 14.5. The second kappa shape index (κ2) is 9.38. The molecule has 0 amide bonds. The molecule has 0 radical (unpaired) electrons. The third-order valence-electron chi connectivity index (χ3n) is 3.80. The monoisotopic (exact) mass is 383 g/mol. The molecule has 0 aromatic heterocycles. The van der Waals surface area contributed by atoms with Gasteiger partial charge in [-0.2, -0.15) is 13.2 Å². The van der Waals surface area contributed by atoms with Crippen molar-refractivity contribution >= 4 is 5.97 Å². The summed E-state index contributed by atoms with van der Waals surface area (Å²) in [7, 11) is 0. The van der Waals surface area contributed by atoms with Gasteiger partial charge in [0.15, 0.2) is 0 Å². The lowest BCUT2D eigenvalue weighted by molar-refractivity contribution is -0.192. The van der Waals surface area contributed by atoms with Gasteiger partial charge in [-0.3, -0.25) is 0 Å². The van der Waals surface area contributed by atoms with Crippen molar-refractivity contribution in [3.63, 3.8) is 0 Å². The minimum atomic E-state index is -5.08. The first-order valence-electron chi connectivity index (χ1n) is 8.24. The molecule has 1 aliphatic rings. The Kier molecular flexibility index (Phi) is 7.20. The summed E-state index contributed by atoms with van der Waals surface area (Å²) in [6, 6.07) is 14.8. The van der Waals surface area contributed by atoms with Crippen molar-refractivity contribution in [3.8, 4) is 16.9 Å². The Bertz CT molecular complexity index is 761. The van der Waals surface area contributed by atoms with Crippen molar-refractivity contribution in [2.45, 2.75) is 19.2 Å². The Morgan fingerprint density at radius 1 is 1.11 bits per heavy atom. The largest absolute Gasteiger partial charge is 0.492 e. The van der Waals surface area contributed by atoms with Gasteiger partial charge >= 0.3 is 12.1 Å². The van der Waals surface area contributed by atoms with Gasteiger partial charge in [-0.1, -0.05) is 30.3 Å². The fourth-order valence-corrected chi connectivity index (χ4v) is 2.46. The number of nitrogens with two attached hydrogens (primary N) is 1. The van der Waals surface area contributed by atoms with Crippen LogP contribution in [0.2, 0.25) is 0 Å². The van der Waals surface area contributed by atoms with Crippen LogP contribution in [0.25, 0.3) is 11.1 Å². The highest BCUT2D eigenvalue weighted by atomic mass is 19.4. The molecule has 3 N–H and O–H groups in total. The molecule has 2 aromatic carbocycles. The van der Waals surface area contributed by atoms with E-state index >= 15 is 0 Å². The standard InChI is InChI=1S/C17H19NO2.C2HF3O2/c18-8-10-20-17-5-3-13(4-6-17)14-1-2-16-12-19-9-7-15(16)11-14;3-2(4,5)1(6)7/h1-6,11H,7-10,12,18H2;(H,6,7). The maximum atomic E-state index is 10.6. The number of ether oxygens (including phenoxy) is 2. The fraction of sp³-hybridized carbons (Fsp3) is 0.316. The van der Waals surface area contributed by atoms with Crippen molar-refractivity contribution in [1.29, 1.82) is 0 Å². The maximum Gasteiger partial charge on any atom is 0.490 e. The number of carbonyl (C=O) groups is 1. The average molecular weight is 383 g/mol. The summed E-state index contributed by atoms with van der Waals surface area (Å²) >= 11 is 0. The van der Waals surface area contributed by atoms with E-state index in [2.05, 4.69) is 30.3 Å². The van der Waals surface area contributed by atoms with E-state index in [-0.39, 0.29) is 0 Å². The highest BCUT2D eigenvalue weighted by Gasteiger charge is 2.38. The third kappa shape index (κ3) is 6.26. The summed E-state index contributed by atoms with van der Waals surface area (Å²) in [5.74, 6) is -1.89. The van der Waals surface area contributed by atoms with Gasteiger partial charge in [0.1, 0.15) is 12.4 Å². The molecule has 0 aliphatic carbocycles. The average Bonchev–Trinajstić information content (AvgIpc) is 2.66. The summed E-state index contributed by atoms with van der Waals surface area (Å²) in [6.07, 6.45) is -4.08. The van der Waals surface area contributed by atoms with Gasteiger partial charge in [-0.25, -0.2) is 4.79 Å². The fourth-order valence-electron chi connectivity index (χ4n) is 2.46. The van der Waals surface area contributed by atoms with E-state index in [1.807, 2.05) is 12.1 Å². The summed E-state index contributed by atoms with van der Waals surface area (Å²) < 4.78 is 42.7. The summed E-state index contributed by atoms with van der Waals surface area (Å²) in [6.45, 7) is 2.65. The Labute approximate surface area is 154 Å². The number of rotatable bonds is 4. The minimum absolute atomic E-state index is 0.536. The van der Waals surface area contributed by atoms with Crippen LogP contribution in [0.5, 0.6) is 5.75 Å². The summed E-state index contributed by atoms with van der Waals surface area (Å²) in [4.78, 5) is 8.90. The Morgan fingerprint density at radius 3 is 2.33 bits per heavy atom. The quantitative estimate of drug-likeness (QED) is 0.846. The molecule has 27 heavy (non-hydrogen) atoms. The molecule has 8 heteroatoms. The van der Waals surface area contributed by atoms with Crippen LogP contribution in [0, 0.1) is 0 Å². The first kappa shape index (κ1) is 20.7. The maximum absolute atomic E-state index is 10.6. The van der Waals surface area contributed by atoms with Crippen molar-refractivity contribution in [3.05, 3.63) is 53.6 Å². The SMILES string of the molecule is NCCOc1ccc(-c2ccc3c(c2)CCOC3)cc1.O=C(O)C(F)(F)F. The van der Waals surface area contributed by atoms with Crippen molar-refractivity contribution in [2.75, 3.05) is 19.8 Å². The Morgan fingerprint density at radius 2 is 1.74 bits per heavy atom. The second-order valence-electron chi connectivity index (χ2n) is 5.75. The number of fused-ring (bicyclic) bond motifs is 1. The van der Waals surface area contributed by atoms with E-state index in [9.17, 15) is 13.2 Å². The lowest BCUT2D eigenvalue weighted by Crippen LogP contribution is -2.21. The molecule has 0 saturated carbocycles. The van der Waals surface area contributed by atoms with Crippen LogP contribution < -0.4 is 10.5 Å². The van der Waals surface area contributed by atoms with Crippen LogP contribution in [0.1, 0.15) is 11.1 Å². The number of aliphatic carboxylic acids is 1. The Hall–Kier alpha value is -2.58. The minimum Gasteiger partial charge on any atom is -0.492 e. The molecule has 0 spiro atoms. The first-order chi connectivity index (χ1) is 12.8. The topological polar surface area (TPSA) is 81.8 Å². The van der Waals surface area contributed by atoms with Crippen molar-refractivity contribution < 1.29 is 32.5 Å². The van der Waals surface area contributed by atoms with E-state index in [4.69, 9.17) is 25.1 Å². The van der Waals surface area contributed by atoms with E-state index in [0.717, 1.165) is 25.4 Å². The van der Waals surface area contributed by atoms with E-state index < -0.39 is 12.1 Å². The lowest BCUT2D eigenvalue weighted by atomic mass is 9.97. The molecule has 0 unspecified atom stereocenters. The van der Waals surface area contributed by atoms with Crippen LogP contribution >= 0.6 is 0 Å². The van der Waals surface area contributed by atoms with E-state index in [1.165, 1.54) is 22.3 Å². The zero-order chi connectivity index (χ0) is 19.9. The molecule has 5 nitrogen and oxygen atoms in total. The number of carboxylic acids is 1. The van der Waals surface area contributed by atoms with Gasteiger partial charge in [0.2, 0.25) is 0 Å². The number of hydrogen-bond acceptors (Lipinski definition) is 4. The molecule has 1 heterocycles. The van der Waals surface area contributed by atoms with Crippen LogP contribution in [-0.2, 0) is 22.6 Å². The summed E-state index contributed by atoms with van der Waals surface area (Å²) in [5.41, 5.74) is 10.6. The molecule has 146 valence electrons. The second-order valence-corrected chi connectivity index (χ2v) is 5.75. The van der Waals surface area contributed by atoms with Crippen LogP contribution in [0.4, 0.5) is 13.2 Å². The van der Waals surface area contributed by atoms with E-state index in [1.54, 1.807) is 0 Å². The molecule has 0 fully saturated rings. The van der Waals surface area contributed by atoms with Crippen LogP contribution in [-0.4, -0.2) is 37.0 Å². The van der Waals surface area contributed by atoms with Crippen molar-refractivity contribution in [1.82, 2.24) is 0 Å². The molecule has 0 saturated heterocycles. The van der Waals surface area contributed by atoms with Gasteiger partial charge in [0, 0.05) is 6.54 Å². The third-order valence-corrected chi connectivity index (χ3v) is 3.80. The van der Waals surface area contributed by atoms with Crippen molar-refractivity contribution in [2.24, 2.45) is 5.73 Å². The number of benzene rings is 2.